The van der Waals surface area contributed by atoms with Crippen molar-refractivity contribution in [3.63, 3.8) is 0 Å². The van der Waals surface area contributed by atoms with Crippen molar-refractivity contribution in [1.29, 1.82) is 0 Å². The van der Waals surface area contributed by atoms with Crippen molar-refractivity contribution in [3.8, 4) is 5.75 Å². The molecule has 0 heterocycles. The molecule has 1 amide bonds. The van der Waals surface area contributed by atoms with E-state index in [1.165, 1.54) is 33.1 Å². The molecule has 0 aliphatic rings. The van der Waals surface area contributed by atoms with E-state index < -0.39 is 15.6 Å². The van der Waals surface area contributed by atoms with E-state index in [1.807, 2.05) is 45.2 Å². The van der Waals surface area contributed by atoms with Gasteiger partial charge >= 0.3 is 15.6 Å². The number of benzene rings is 1. The zero-order valence-corrected chi connectivity index (χ0v) is 23.3. The summed E-state index contributed by atoms with van der Waals surface area (Å²) >= 11 is 1.67. The van der Waals surface area contributed by atoms with E-state index in [0.29, 0.717) is 12.4 Å². The van der Waals surface area contributed by atoms with E-state index in [9.17, 15) is 13.9 Å². The highest BCUT2D eigenvalue weighted by molar-refractivity contribution is 7.98. The minimum atomic E-state index is -3.55. The SMILES string of the molecule is CCOP(=O)(NC(C)C)Oc1ccc(SC)c(C)c1.CNC(=O)/C=C(\C)OP(=O)(OC)OC. The highest BCUT2D eigenvalue weighted by Gasteiger charge is 2.27. The van der Waals surface area contributed by atoms with E-state index in [-0.39, 0.29) is 17.7 Å². The molecule has 1 aromatic carbocycles. The van der Waals surface area contributed by atoms with Gasteiger partial charge in [0.25, 0.3) is 0 Å². The number of hydrogen-bond donors (Lipinski definition) is 2. The first kappa shape index (κ1) is 31.7. The van der Waals surface area contributed by atoms with Gasteiger partial charge in [0, 0.05) is 38.3 Å². The molecular weight excluding hydrogens is 490 g/mol. The standard InChI is InChI=1S/C13H22NO3PS.C7H14NO5P/c1-6-16-18(15,14-10(2)3)17-12-7-8-13(19-5)11(4)9-12;1-6(5-7(9)8-2)13-14(10,11-3)12-4/h7-10H,6H2,1-5H3,(H,14,15);5H,1-4H3,(H,8,9)/b;6-5+. The Hall–Kier alpha value is -1.32. The van der Waals surface area contributed by atoms with Gasteiger partial charge in [-0.05, 0) is 64.6 Å². The second-order valence-corrected chi connectivity index (χ2v) is 11.0. The molecule has 13 heteroatoms. The molecule has 0 bridgehead atoms. The number of allylic oxidation sites excluding steroid dienone is 1. The fourth-order valence-electron chi connectivity index (χ4n) is 2.23. The number of rotatable bonds is 12. The molecule has 0 saturated heterocycles. The first-order valence-electron chi connectivity index (χ1n) is 10.0. The van der Waals surface area contributed by atoms with E-state index in [4.69, 9.17) is 13.6 Å². The molecule has 2 N–H and O–H groups in total. The third kappa shape index (κ3) is 12.6. The summed E-state index contributed by atoms with van der Waals surface area (Å²) in [6.07, 6.45) is 3.17. The number of phosphoric ester groups is 1. The van der Waals surface area contributed by atoms with Gasteiger partial charge in [-0.1, -0.05) is 0 Å². The number of thioether (sulfide) groups is 1. The van der Waals surface area contributed by atoms with Crippen LogP contribution in [0, 0.1) is 6.92 Å². The smallest absolute Gasteiger partial charge is 0.413 e. The third-order valence-electron chi connectivity index (χ3n) is 3.59. The Balaban J connectivity index is 0.000000653. The first-order chi connectivity index (χ1) is 15.4. The fraction of sp³-hybridized carbons (Fsp3) is 0.550. The van der Waals surface area contributed by atoms with Crippen LogP contribution in [0.3, 0.4) is 0 Å². The zero-order valence-electron chi connectivity index (χ0n) is 20.7. The van der Waals surface area contributed by atoms with Crippen molar-refractivity contribution in [2.45, 2.75) is 45.6 Å². The number of nitrogens with one attached hydrogen (secondary N) is 2. The van der Waals surface area contributed by atoms with Crippen LogP contribution in [0.1, 0.15) is 33.3 Å². The van der Waals surface area contributed by atoms with Crippen LogP contribution in [-0.2, 0) is 32.0 Å². The average Bonchev–Trinajstić information content (AvgIpc) is 2.73. The molecule has 190 valence electrons. The van der Waals surface area contributed by atoms with Gasteiger partial charge in [0.05, 0.1) is 6.61 Å². The van der Waals surface area contributed by atoms with Crippen LogP contribution in [-0.4, -0.2) is 46.1 Å². The third-order valence-corrected chi connectivity index (χ3v) is 7.78. The lowest BCUT2D eigenvalue weighted by Gasteiger charge is -2.21. The molecule has 1 atom stereocenters. The Morgan fingerprint density at radius 1 is 1.21 bits per heavy atom. The van der Waals surface area contributed by atoms with Crippen LogP contribution in [0.15, 0.2) is 34.9 Å². The predicted octanol–water partition coefficient (Wildman–Crippen LogP) is 5.29. The topological polar surface area (TPSA) is 121 Å². The van der Waals surface area contributed by atoms with E-state index >= 15 is 0 Å². The Morgan fingerprint density at radius 2 is 1.82 bits per heavy atom. The Labute approximate surface area is 201 Å². The van der Waals surface area contributed by atoms with Crippen molar-refractivity contribution in [2.24, 2.45) is 0 Å². The normalized spacial score (nSPS) is 13.6. The highest BCUT2D eigenvalue weighted by atomic mass is 32.2. The van der Waals surface area contributed by atoms with Crippen molar-refractivity contribution in [3.05, 3.63) is 35.6 Å². The van der Waals surface area contributed by atoms with Gasteiger partial charge in [-0.15, -0.1) is 11.8 Å². The summed E-state index contributed by atoms with van der Waals surface area (Å²) in [5, 5.41) is 5.21. The molecular formula is C20H36N2O8P2S. The van der Waals surface area contributed by atoms with E-state index in [2.05, 4.69) is 19.5 Å². The van der Waals surface area contributed by atoms with Crippen LogP contribution < -0.4 is 14.9 Å². The largest absolute Gasteiger partial charge is 0.529 e. The summed E-state index contributed by atoms with van der Waals surface area (Å²) in [5.74, 6) is 0.345. The quantitative estimate of drug-likeness (QED) is 0.161. The summed E-state index contributed by atoms with van der Waals surface area (Å²) < 4.78 is 48.5. The van der Waals surface area contributed by atoms with Gasteiger partial charge < -0.3 is 14.4 Å². The number of phosphoric acid groups is 1. The zero-order chi connectivity index (χ0) is 25.7. The summed E-state index contributed by atoms with van der Waals surface area (Å²) in [6.45, 7) is 9.40. The maximum Gasteiger partial charge on any atom is 0.529 e. The molecule has 0 fully saturated rings. The lowest BCUT2D eigenvalue weighted by molar-refractivity contribution is -0.116. The monoisotopic (exact) mass is 526 g/mol. The molecule has 0 aliphatic carbocycles. The minimum Gasteiger partial charge on any atom is -0.413 e. The Morgan fingerprint density at radius 3 is 2.24 bits per heavy atom. The maximum atomic E-state index is 12.5. The second-order valence-electron chi connectivity index (χ2n) is 6.69. The number of hydrogen-bond acceptors (Lipinski definition) is 9. The van der Waals surface area contributed by atoms with Crippen molar-refractivity contribution >= 4 is 33.2 Å². The van der Waals surface area contributed by atoms with Crippen molar-refractivity contribution in [1.82, 2.24) is 10.4 Å². The molecule has 0 aliphatic heterocycles. The number of amides is 1. The Bertz CT molecular complexity index is 872. The molecule has 0 saturated carbocycles. The van der Waals surface area contributed by atoms with Crippen LogP contribution in [0.25, 0.3) is 0 Å². The van der Waals surface area contributed by atoms with Crippen molar-refractivity contribution < 1.29 is 36.5 Å². The van der Waals surface area contributed by atoms with Gasteiger partial charge in [0.2, 0.25) is 5.91 Å². The number of carbonyl (C=O) groups excluding carboxylic acids is 1. The maximum absolute atomic E-state index is 12.5. The van der Waals surface area contributed by atoms with E-state index in [0.717, 1.165) is 11.6 Å². The van der Waals surface area contributed by atoms with Crippen LogP contribution in [0.2, 0.25) is 0 Å². The molecule has 0 radical (unpaired) electrons. The van der Waals surface area contributed by atoms with Gasteiger partial charge in [-0.3, -0.25) is 18.4 Å². The summed E-state index contributed by atoms with van der Waals surface area (Å²) in [6, 6.07) is 5.66. The molecule has 1 rings (SSSR count). The fourth-order valence-corrected chi connectivity index (χ4v) is 5.06. The lowest BCUT2D eigenvalue weighted by atomic mass is 10.2. The molecule has 10 nitrogen and oxygen atoms in total. The Kier molecular flexibility index (Phi) is 14.9. The van der Waals surface area contributed by atoms with Gasteiger partial charge in [0.1, 0.15) is 11.5 Å². The van der Waals surface area contributed by atoms with Crippen LogP contribution in [0.5, 0.6) is 5.75 Å². The first-order valence-corrected chi connectivity index (χ1v) is 14.3. The lowest BCUT2D eigenvalue weighted by Crippen LogP contribution is -2.23. The molecule has 1 unspecified atom stereocenters. The minimum absolute atomic E-state index is 0.0175. The van der Waals surface area contributed by atoms with Crippen molar-refractivity contribution in [2.75, 3.05) is 34.1 Å². The number of carbonyl (C=O) groups is 1. The number of likely N-dealkylation sites (N-methyl/N-ethyl adjacent to an activating group) is 1. The second kappa shape index (κ2) is 15.6. The molecule has 0 spiro atoms. The summed E-state index contributed by atoms with van der Waals surface area (Å²) in [7, 11) is -3.00. The van der Waals surface area contributed by atoms with Gasteiger partial charge in [-0.2, -0.15) is 0 Å². The van der Waals surface area contributed by atoms with Crippen LogP contribution >= 0.6 is 27.3 Å². The highest BCUT2D eigenvalue weighted by Crippen LogP contribution is 2.49. The molecule has 1 aromatic rings. The predicted molar refractivity (Wildman–Crippen MR) is 132 cm³/mol. The molecule has 0 aromatic heterocycles. The van der Waals surface area contributed by atoms with Gasteiger partial charge in [-0.25, -0.2) is 14.2 Å². The molecule has 33 heavy (non-hydrogen) atoms. The number of aryl methyl sites for hydroxylation is 1. The van der Waals surface area contributed by atoms with Crippen LogP contribution in [0.4, 0.5) is 0 Å². The summed E-state index contributed by atoms with van der Waals surface area (Å²) in [5.41, 5.74) is 1.09. The van der Waals surface area contributed by atoms with Gasteiger partial charge in [0.15, 0.2) is 0 Å². The summed E-state index contributed by atoms with van der Waals surface area (Å²) in [4.78, 5) is 12.0. The van der Waals surface area contributed by atoms with E-state index in [1.54, 1.807) is 18.7 Å². The average molecular weight is 527 g/mol.